The van der Waals surface area contributed by atoms with E-state index in [9.17, 15) is 0 Å². The maximum absolute atomic E-state index is 2.33. The van der Waals surface area contributed by atoms with E-state index in [1.54, 1.807) is 0 Å². The normalized spacial score (nSPS) is 10.1. The fraction of sp³-hybridized carbons (Fsp3) is 0.455. The van der Waals surface area contributed by atoms with Gasteiger partial charge >= 0.3 is 0 Å². The van der Waals surface area contributed by atoms with E-state index in [1.807, 2.05) is 0 Å². The van der Waals surface area contributed by atoms with E-state index in [1.165, 1.54) is 50.1 Å². The van der Waals surface area contributed by atoms with Gasteiger partial charge in [-0.3, -0.25) is 0 Å². The van der Waals surface area contributed by atoms with Crippen LogP contribution in [0.5, 0.6) is 0 Å². The number of rotatable bonds is 6. The van der Waals surface area contributed by atoms with Gasteiger partial charge in [0.2, 0.25) is 0 Å². The third-order valence-electron chi connectivity index (χ3n) is 6.59. The van der Waals surface area contributed by atoms with E-state index >= 15 is 0 Å². The summed E-state index contributed by atoms with van der Waals surface area (Å²) in [4.78, 5) is 0. The molecule has 0 unspecified atom stereocenters. The van der Waals surface area contributed by atoms with Gasteiger partial charge in [-0.15, -0.1) is 0 Å². The Hall–Kier alpha value is -2.34. The molecule has 0 fully saturated rings. The number of aryl methyl sites for hydroxylation is 9. The van der Waals surface area contributed by atoms with Crippen LogP contribution < -0.4 is 0 Å². The lowest BCUT2D eigenvalue weighted by Crippen LogP contribution is -1.93. The van der Waals surface area contributed by atoms with E-state index in [0.29, 0.717) is 0 Å². The molecule has 3 aromatic rings. The molecule has 180 valence electrons. The second kappa shape index (κ2) is 15.5. The fourth-order valence-electron chi connectivity index (χ4n) is 4.08. The topological polar surface area (TPSA) is 0 Å². The highest BCUT2D eigenvalue weighted by atomic mass is 14.1. The Kier molecular flexibility index (Phi) is 13.5. The third kappa shape index (κ3) is 9.58. The van der Waals surface area contributed by atoms with Gasteiger partial charge in [0.15, 0.2) is 0 Å². The zero-order chi connectivity index (χ0) is 24.8. The zero-order valence-corrected chi connectivity index (χ0v) is 22.9. The Labute approximate surface area is 205 Å². The quantitative estimate of drug-likeness (QED) is 0.355. The average molecular weight is 445 g/mol. The second-order valence-electron chi connectivity index (χ2n) is 8.90. The van der Waals surface area contributed by atoms with Crippen molar-refractivity contribution in [2.75, 3.05) is 0 Å². The summed E-state index contributed by atoms with van der Waals surface area (Å²) in [5.41, 5.74) is 13.1. The van der Waals surface area contributed by atoms with Gasteiger partial charge in [-0.2, -0.15) is 0 Å². The zero-order valence-electron chi connectivity index (χ0n) is 22.9. The van der Waals surface area contributed by atoms with Crippen molar-refractivity contribution in [1.29, 1.82) is 0 Å². The van der Waals surface area contributed by atoms with E-state index in [2.05, 4.69) is 117 Å². The molecule has 3 aromatic carbocycles. The fourth-order valence-corrected chi connectivity index (χ4v) is 4.08. The van der Waals surface area contributed by atoms with Crippen LogP contribution in [0.3, 0.4) is 0 Å². The second-order valence-corrected chi connectivity index (χ2v) is 8.90. The monoisotopic (exact) mass is 444 g/mol. The van der Waals surface area contributed by atoms with Crippen molar-refractivity contribution in [2.24, 2.45) is 0 Å². The maximum Gasteiger partial charge on any atom is -0.0305 e. The van der Waals surface area contributed by atoms with Crippen molar-refractivity contribution >= 4 is 0 Å². The first kappa shape index (κ1) is 28.7. The highest BCUT2D eigenvalue weighted by molar-refractivity contribution is 5.37. The Morgan fingerprint density at radius 3 is 1.00 bits per heavy atom. The number of hydrogen-bond donors (Lipinski definition) is 0. The van der Waals surface area contributed by atoms with E-state index in [-0.39, 0.29) is 0 Å². The minimum atomic E-state index is 1.14. The Morgan fingerprint density at radius 2 is 0.697 bits per heavy atom. The molecular formula is C33H48. The van der Waals surface area contributed by atoms with Gasteiger partial charge in [0.25, 0.3) is 0 Å². The first-order chi connectivity index (χ1) is 15.8. The molecule has 0 aliphatic heterocycles. The van der Waals surface area contributed by atoms with Crippen molar-refractivity contribution < 1.29 is 0 Å². The summed E-state index contributed by atoms with van der Waals surface area (Å²) in [5.74, 6) is 0. The minimum absolute atomic E-state index is 1.14. The molecule has 3 rings (SSSR count). The average Bonchev–Trinajstić information content (AvgIpc) is 2.85. The molecule has 0 aliphatic carbocycles. The smallest absolute Gasteiger partial charge is 0.0305 e. The van der Waals surface area contributed by atoms with Gasteiger partial charge in [-0.1, -0.05) is 96.1 Å². The molecule has 0 aromatic heterocycles. The van der Waals surface area contributed by atoms with Crippen LogP contribution in [0.25, 0.3) is 0 Å². The summed E-state index contributed by atoms with van der Waals surface area (Å²) >= 11 is 0. The molecule has 0 atom stereocenters. The molecule has 0 heteroatoms. The summed E-state index contributed by atoms with van der Waals surface area (Å²) in [7, 11) is 0. The van der Waals surface area contributed by atoms with Gasteiger partial charge in [0.1, 0.15) is 0 Å². The Bertz CT molecular complexity index is 892. The predicted molar refractivity (Wildman–Crippen MR) is 150 cm³/mol. The first-order valence-corrected chi connectivity index (χ1v) is 13.1. The summed E-state index contributed by atoms with van der Waals surface area (Å²) < 4.78 is 0. The highest BCUT2D eigenvalue weighted by Gasteiger charge is 2.00. The van der Waals surface area contributed by atoms with Crippen LogP contribution in [0.2, 0.25) is 0 Å². The summed E-state index contributed by atoms with van der Waals surface area (Å²) in [6.07, 6.45) is 6.88. The molecule has 0 saturated heterocycles. The Balaban J connectivity index is 0.000000249. The van der Waals surface area contributed by atoms with Crippen LogP contribution in [-0.4, -0.2) is 0 Å². The number of hydrogen-bond acceptors (Lipinski definition) is 0. The van der Waals surface area contributed by atoms with Crippen LogP contribution in [0.4, 0.5) is 0 Å². The third-order valence-corrected chi connectivity index (χ3v) is 6.59. The van der Waals surface area contributed by atoms with Gasteiger partial charge in [0, 0.05) is 0 Å². The van der Waals surface area contributed by atoms with Crippen molar-refractivity contribution in [3.8, 4) is 0 Å². The molecule has 0 saturated carbocycles. The minimum Gasteiger partial charge on any atom is -0.0613 e. The molecule has 0 nitrogen and oxygen atoms in total. The lowest BCUT2D eigenvalue weighted by atomic mass is 9.97. The molecule has 0 radical (unpaired) electrons. The summed E-state index contributed by atoms with van der Waals surface area (Å²) in [6.45, 7) is 19.8. The van der Waals surface area contributed by atoms with Gasteiger partial charge in [-0.25, -0.2) is 0 Å². The Morgan fingerprint density at radius 1 is 0.364 bits per heavy atom. The largest absolute Gasteiger partial charge is 0.0613 e. The lowest BCUT2D eigenvalue weighted by Gasteiger charge is -2.08. The molecular weight excluding hydrogens is 396 g/mol. The van der Waals surface area contributed by atoms with E-state index < -0.39 is 0 Å². The molecule has 0 bridgehead atoms. The van der Waals surface area contributed by atoms with Gasteiger partial charge in [0.05, 0.1) is 0 Å². The van der Waals surface area contributed by atoms with Gasteiger partial charge in [-0.05, 0) is 109 Å². The molecule has 0 heterocycles. The van der Waals surface area contributed by atoms with Crippen molar-refractivity contribution in [3.05, 3.63) is 105 Å². The standard InChI is InChI=1S/C12H18.C11H16.C10H14/c1-5-11-7-10(4)12(6-2)8-9(11)3;1-4-10-6-7-11(5-2)9(3)8-10;1-3-9-5-7-10(4-2)8-6-9/h7-8H,5-6H2,1-4H3;6-8H,4-5H2,1-3H3;5-8H,3-4H2,1-2H3. The lowest BCUT2D eigenvalue weighted by molar-refractivity contribution is 1.05. The van der Waals surface area contributed by atoms with Crippen molar-refractivity contribution in [3.63, 3.8) is 0 Å². The summed E-state index contributed by atoms with van der Waals surface area (Å²) in [5, 5.41) is 0. The van der Waals surface area contributed by atoms with Crippen molar-refractivity contribution in [2.45, 2.75) is 101 Å². The SMILES string of the molecule is CCc1cc(C)c(CC)cc1C.CCc1ccc(CC)c(C)c1.CCc1ccc(CC)cc1. The van der Waals surface area contributed by atoms with Crippen LogP contribution in [0, 0.1) is 20.8 Å². The van der Waals surface area contributed by atoms with Gasteiger partial charge < -0.3 is 0 Å². The van der Waals surface area contributed by atoms with Crippen molar-refractivity contribution in [1.82, 2.24) is 0 Å². The molecule has 0 aliphatic rings. The first-order valence-electron chi connectivity index (χ1n) is 13.1. The van der Waals surface area contributed by atoms with Crippen LogP contribution >= 0.6 is 0 Å². The maximum atomic E-state index is 2.33. The van der Waals surface area contributed by atoms with Crippen LogP contribution in [0.15, 0.2) is 54.6 Å². The molecule has 0 spiro atoms. The van der Waals surface area contributed by atoms with Crippen LogP contribution in [-0.2, 0) is 38.5 Å². The molecule has 0 amide bonds. The molecule has 0 N–H and O–H groups in total. The van der Waals surface area contributed by atoms with Crippen LogP contribution in [0.1, 0.15) is 91.6 Å². The highest BCUT2D eigenvalue weighted by Crippen LogP contribution is 2.17. The number of benzene rings is 3. The molecule has 33 heavy (non-hydrogen) atoms. The van der Waals surface area contributed by atoms with E-state index in [0.717, 1.165) is 38.5 Å². The van der Waals surface area contributed by atoms with E-state index in [4.69, 9.17) is 0 Å². The predicted octanol–water partition coefficient (Wildman–Crippen LogP) is 9.36. The summed E-state index contributed by atoms with van der Waals surface area (Å²) in [6, 6.07) is 20.2.